The van der Waals surface area contributed by atoms with Gasteiger partial charge < -0.3 is 5.11 Å². The summed E-state index contributed by atoms with van der Waals surface area (Å²) in [6.45, 7) is 1.97. The first-order valence-electron chi connectivity index (χ1n) is 7.14. The molecule has 3 heteroatoms. The number of aliphatic imine (C=N–C) groups is 1. The summed E-state index contributed by atoms with van der Waals surface area (Å²) >= 11 is 5.98. The van der Waals surface area contributed by atoms with Crippen molar-refractivity contribution in [2.24, 2.45) is 4.99 Å². The molecule has 22 heavy (non-hydrogen) atoms. The van der Waals surface area contributed by atoms with Crippen LogP contribution in [0.1, 0.15) is 24.1 Å². The molecule has 3 rings (SSSR count). The van der Waals surface area contributed by atoms with Crippen LogP contribution in [-0.2, 0) is 0 Å². The first-order chi connectivity index (χ1) is 10.6. The predicted molar refractivity (Wildman–Crippen MR) is 93.1 cm³/mol. The predicted octanol–water partition coefficient (Wildman–Crippen LogP) is 5.38. The van der Waals surface area contributed by atoms with Crippen LogP contribution in [0.3, 0.4) is 0 Å². The Morgan fingerprint density at radius 2 is 1.86 bits per heavy atom. The molecule has 0 aliphatic rings. The second-order valence-electron chi connectivity index (χ2n) is 5.23. The number of hydrogen-bond acceptors (Lipinski definition) is 2. The molecular weight excluding hydrogens is 294 g/mol. The van der Waals surface area contributed by atoms with Gasteiger partial charge >= 0.3 is 0 Å². The van der Waals surface area contributed by atoms with E-state index in [1.165, 1.54) is 0 Å². The van der Waals surface area contributed by atoms with E-state index in [1.54, 1.807) is 12.3 Å². The number of phenols is 1. The molecule has 1 unspecified atom stereocenters. The van der Waals surface area contributed by atoms with Crippen LogP contribution in [0.2, 0.25) is 5.02 Å². The van der Waals surface area contributed by atoms with E-state index in [0.29, 0.717) is 5.02 Å². The van der Waals surface area contributed by atoms with Crippen molar-refractivity contribution in [3.63, 3.8) is 0 Å². The zero-order valence-electron chi connectivity index (χ0n) is 12.2. The van der Waals surface area contributed by atoms with Gasteiger partial charge in [-0.1, -0.05) is 54.1 Å². The third-order valence-electron chi connectivity index (χ3n) is 3.66. The minimum atomic E-state index is -0.148. The highest BCUT2D eigenvalue weighted by atomic mass is 35.5. The van der Waals surface area contributed by atoms with E-state index in [4.69, 9.17) is 11.6 Å². The first-order valence-corrected chi connectivity index (χ1v) is 7.52. The Morgan fingerprint density at radius 1 is 1.05 bits per heavy atom. The van der Waals surface area contributed by atoms with Crippen LogP contribution in [0.4, 0.5) is 0 Å². The highest BCUT2D eigenvalue weighted by molar-refractivity contribution is 6.30. The van der Waals surface area contributed by atoms with Crippen molar-refractivity contribution in [1.29, 1.82) is 0 Å². The average Bonchev–Trinajstić information content (AvgIpc) is 2.52. The number of rotatable bonds is 3. The lowest BCUT2D eigenvalue weighted by molar-refractivity contribution is 0.465. The molecule has 0 heterocycles. The number of fused-ring (bicyclic) bond motifs is 1. The van der Waals surface area contributed by atoms with Crippen molar-refractivity contribution in [3.8, 4) is 5.75 Å². The van der Waals surface area contributed by atoms with Crippen molar-refractivity contribution in [1.82, 2.24) is 0 Å². The molecule has 1 atom stereocenters. The van der Waals surface area contributed by atoms with Gasteiger partial charge in [-0.2, -0.15) is 0 Å². The number of halogens is 1. The molecule has 3 aromatic carbocycles. The molecular formula is C19H16ClNO. The second kappa shape index (κ2) is 6.20. The number of phenolic OH excluding ortho intramolecular Hbond substituents is 1. The molecule has 0 aliphatic heterocycles. The summed E-state index contributed by atoms with van der Waals surface area (Å²) in [6, 6.07) is 19.0. The second-order valence-corrected chi connectivity index (χ2v) is 5.67. The lowest BCUT2D eigenvalue weighted by Gasteiger charge is -2.13. The Labute approximate surface area is 134 Å². The fraction of sp³-hybridized carbons (Fsp3) is 0.105. The molecule has 0 radical (unpaired) electrons. The smallest absolute Gasteiger partial charge is 0.121 e. The van der Waals surface area contributed by atoms with Gasteiger partial charge in [-0.25, -0.2) is 0 Å². The summed E-state index contributed by atoms with van der Waals surface area (Å²) in [5.74, 6) is 0.273. The molecule has 0 aliphatic carbocycles. The lowest BCUT2D eigenvalue weighted by Crippen LogP contribution is -1.94. The van der Waals surface area contributed by atoms with E-state index in [2.05, 4.69) is 4.99 Å². The summed E-state index contributed by atoms with van der Waals surface area (Å²) in [7, 11) is 0. The largest absolute Gasteiger partial charge is 0.508 e. The Hall–Kier alpha value is -2.32. The van der Waals surface area contributed by atoms with Gasteiger partial charge in [0.25, 0.3) is 0 Å². The highest BCUT2D eigenvalue weighted by Gasteiger charge is 2.12. The van der Waals surface area contributed by atoms with E-state index in [-0.39, 0.29) is 11.8 Å². The number of nitrogens with zero attached hydrogens (tertiary/aromatic N) is 1. The number of aromatic hydroxyl groups is 1. The number of benzene rings is 3. The van der Waals surface area contributed by atoms with Gasteiger partial charge in [-0.3, -0.25) is 4.99 Å². The SMILES string of the molecule is CC(N=Cc1cccc(Cl)c1)c1c(O)ccc2ccccc12. The van der Waals surface area contributed by atoms with Gasteiger partial charge in [0.1, 0.15) is 5.75 Å². The van der Waals surface area contributed by atoms with Crippen LogP contribution in [0.15, 0.2) is 65.7 Å². The molecule has 0 fully saturated rings. The minimum Gasteiger partial charge on any atom is -0.508 e. The van der Waals surface area contributed by atoms with E-state index in [9.17, 15) is 5.11 Å². The first kappa shape index (κ1) is 14.6. The zero-order chi connectivity index (χ0) is 15.5. The molecule has 2 nitrogen and oxygen atoms in total. The van der Waals surface area contributed by atoms with Gasteiger partial charge in [0.2, 0.25) is 0 Å². The molecule has 0 amide bonds. The van der Waals surface area contributed by atoms with Crippen LogP contribution >= 0.6 is 11.6 Å². The Morgan fingerprint density at radius 3 is 2.68 bits per heavy atom. The van der Waals surface area contributed by atoms with Crippen LogP contribution in [0.25, 0.3) is 10.8 Å². The molecule has 0 bridgehead atoms. The van der Waals surface area contributed by atoms with E-state index in [0.717, 1.165) is 21.9 Å². The Kier molecular flexibility index (Phi) is 4.12. The monoisotopic (exact) mass is 309 g/mol. The topological polar surface area (TPSA) is 32.6 Å². The maximum Gasteiger partial charge on any atom is 0.121 e. The standard InChI is InChI=1S/C19H16ClNO/c1-13(21-12-14-5-4-7-16(20)11-14)19-17-8-3-2-6-15(17)9-10-18(19)22/h2-13,22H,1H3. The van der Waals surface area contributed by atoms with Crippen LogP contribution in [-0.4, -0.2) is 11.3 Å². The molecule has 0 aromatic heterocycles. The van der Waals surface area contributed by atoms with E-state index >= 15 is 0 Å². The third kappa shape index (κ3) is 2.97. The fourth-order valence-corrected chi connectivity index (χ4v) is 2.78. The molecule has 0 saturated carbocycles. The van der Waals surface area contributed by atoms with Crippen molar-refractivity contribution in [2.75, 3.05) is 0 Å². The van der Waals surface area contributed by atoms with Gasteiger partial charge in [-0.15, -0.1) is 0 Å². The summed E-state index contributed by atoms with van der Waals surface area (Å²) < 4.78 is 0. The van der Waals surface area contributed by atoms with Crippen molar-refractivity contribution in [2.45, 2.75) is 13.0 Å². The fourth-order valence-electron chi connectivity index (χ4n) is 2.58. The average molecular weight is 310 g/mol. The summed E-state index contributed by atoms with van der Waals surface area (Å²) in [6.07, 6.45) is 1.79. The summed E-state index contributed by atoms with van der Waals surface area (Å²) in [5.41, 5.74) is 1.79. The molecule has 110 valence electrons. The van der Waals surface area contributed by atoms with E-state index < -0.39 is 0 Å². The van der Waals surface area contributed by atoms with Gasteiger partial charge in [0.15, 0.2) is 0 Å². The van der Waals surface area contributed by atoms with Crippen molar-refractivity contribution < 1.29 is 5.11 Å². The van der Waals surface area contributed by atoms with Gasteiger partial charge in [0.05, 0.1) is 6.04 Å². The minimum absolute atomic E-state index is 0.148. The van der Waals surface area contributed by atoms with Crippen molar-refractivity contribution >= 4 is 28.6 Å². The Bertz CT molecular complexity index is 842. The molecule has 1 N–H and O–H groups in total. The quantitative estimate of drug-likeness (QED) is 0.647. The maximum absolute atomic E-state index is 10.2. The van der Waals surface area contributed by atoms with E-state index in [1.807, 2.05) is 61.5 Å². The number of hydrogen-bond donors (Lipinski definition) is 1. The molecule has 3 aromatic rings. The molecule has 0 saturated heterocycles. The Balaban J connectivity index is 1.98. The van der Waals surface area contributed by atoms with Crippen LogP contribution in [0, 0.1) is 0 Å². The normalized spacial score (nSPS) is 12.8. The molecule has 0 spiro atoms. The maximum atomic E-state index is 10.2. The van der Waals surface area contributed by atoms with Crippen LogP contribution < -0.4 is 0 Å². The third-order valence-corrected chi connectivity index (χ3v) is 3.90. The van der Waals surface area contributed by atoms with Crippen LogP contribution in [0.5, 0.6) is 5.75 Å². The van der Waals surface area contributed by atoms with Gasteiger partial charge in [-0.05, 0) is 41.5 Å². The lowest BCUT2D eigenvalue weighted by atomic mass is 9.99. The van der Waals surface area contributed by atoms with Crippen molar-refractivity contribution in [3.05, 3.63) is 76.8 Å². The summed E-state index contributed by atoms with van der Waals surface area (Å²) in [4.78, 5) is 4.57. The highest BCUT2D eigenvalue weighted by Crippen LogP contribution is 2.33. The van der Waals surface area contributed by atoms with Gasteiger partial charge in [0, 0.05) is 16.8 Å². The zero-order valence-corrected chi connectivity index (χ0v) is 13.0. The summed E-state index contributed by atoms with van der Waals surface area (Å²) in [5, 5.41) is 13.0.